The molecule has 25 heavy (non-hydrogen) atoms. The van der Waals surface area contributed by atoms with Gasteiger partial charge in [0.05, 0.1) is 17.7 Å². The van der Waals surface area contributed by atoms with Crippen molar-refractivity contribution >= 4 is 23.4 Å². The number of nitrogens with zero attached hydrogens (tertiary/aromatic N) is 3. The molecule has 3 aromatic rings. The number of allylic oxidation sites excluding steroid dienone is 1. The number of hydrogen-bond donors (Lipinski definition) is 1. The molecule has 1 N–H and O–H groups in total. The van der Waals surface area contributed by atoms with Crippen molar-refractivity contribution in [1.82, 2.24) is 14.8 Å². The van der Waals surface area contributed by atoms with Crippen LogP contribution in [0.15, 0.2) is 64.9 Å². The van der Waals surface area contributed by atoms with E-state index in [1.807, 2.05) is 0 Å². The highest BCUT2D eigenvalue weighted by Gasteiger charge is 2.16. The normalized spacial score (nSPS) is 10.6. The van der Waals surface area contributed by atoms with Crippen LogP contribution < -0.4 is 5.32 Å². The second-order valence-electron chi connectivity index (χ2n) is 5.00. The number of carbonyl (C=O) groups is 1. The van der Waals surface area contributed by atoms with Gasteiger partial charge in [0, 0.05) is 6.54 Å². The number of furan rings is 1. The van der Waals surface area contributed by atoms with Gasteiger partial charge in [-0.05, 0) is 24.3 Å². The Bertz CT molecular complexity index is 877. The fourth-order valence-electron chi connectivity index (χ4n) is 2.16. The van der Waals surface area contributed by atoms with Crippen molar-refractivity contribution in [3.8, 4) is 11.6 Å². The molecule has 1 aromatic carbocycles. The molecule has 0 radical (unpaired) electrons. The molecule has 0 aliphatic rings. The van der Waals surface area contributed by atoms with Gasteiger partial charge in [-0.2, -0.15) is 0 Å². The van der Waals surface area contributed by atoms with Crippen molar-refractivity contribution in [2.45, 2.75) is 11.7 Å². The van der Waals surface area contributed by atoms with Gasteiger partial charge >= 0.3 is 0 Å². The predicted molar refractivity (Wildman–Crippen MR) is 93.7 cm³/mol. The first-order chi connectivity index (χ1) is 12.2. The van der Waals surface area contributed by atoms with E-state index in [9.17, 15) is 9.18 Å². The SMILES string of the molecule is C=CCn1c(SCC(=O)Nc2ccccc2F)nnc1-c1ccco1. The van der Waals surface area contributed by atoms with Crippen molar-refractivity contribution in [1.29, 1.82) is 0 Å². The van der Waals surface area contributed by atoms with E-state index in [1.54, 1.807) is 41.2 Å². The molecule has 0 aliphatic heterocycles. The molecular weight excluding hydrogens is 343 g/mol. The first-order valence-corrected chi connectivity index (χ1v) is 8.42. The maximum absolute atomic E-state index is 13.6. The molecule has 0 saturated heterocycles. The highest BCUT2D eigenvalue weighted by atomic mass is 32.2. The summed E-state index contributed by atoms with van der Waals surface area (Å²) in [7, 11) is 0. The van der Waals surface area contributed by atoms with E-state index in [1.165, 1.54) is 23.9 Å². The molecule has 0 fully saturated rings. The lowest BCUT2D eigenvalue weighted by atomic mass is 10.3. The summed E-state index contributed by atoms with van der Waals surface area (Å²) in [5, 5.41) is 11.3. The van der Waals surface area contributed by atoms with Gasteiger partial charge in [-0.3, -0.25) is 9.36 Å². The van der Waals surface area contributed by atoms with Crippen LogP contribution in [0.4, 0.5) is 10.1 Å². The van der Waals surface area contributed by atoms with E-state index in [0.29, 0.717) is 23.3 Å². The van der Waals surface area contributed by atoms with Crippen LogP contribution in [0.2, 0.25) is 0 Å². The van der Waals surface area contributed by atoms with Crippen LogP contribution in [0.25, 0.3) is 11.6 Å². The van der Waals surface area contributed by atoms with Gasteiger partial charge < -0.3 is 9.73 Å². The zero-order valence-corrected chi connectivity index (χ0v) is 14.0. The van der Waals surface area contributed by atoms with Crippen LogP contribution in [0, 0.1) is 5.82 Å². The Labute approximate surface area is 147 Å². The first kappa shape index (κ1) is 17.0. The standard InChI is InChI=1S/C17H15FN4O2S/c1-2-9-22-16(14-8-5-10-24-14)20-21-17(22)25-11-15(23)19-13-7-4-3-6-12(13)18/h2-8,10H,1,9,11H2,(H,19,23). The van der Waals surface area contributed by atoms with Crippen molar-refractivity contribution < 1.29 is 13.6 Å². The van der Waals surface area contributed by atoms with Gasteiger partial charge in [-0.25, -0.2) is 4.39 Å². The summed E-state index contributed by atoms with van der Waals surface area (Å²) in [6.45, 7) is 4.20. The van der Waals surface area contributed by atoms with Gasteiger partial charge in [0.1, 0.15) is 5.82 Å². The topological polar surface area (TPSA) is 73.0 Å². The monoisotopic (exact) mass is 358 g/mol. The Balaban J connectivity index is 1.69. The molecule has 2 heterocycles. The lowest BCUT2D eigenvalue weighted by Crippen LogP contribution is -2.15. The summed E-state index contributed by atoms with van der Waals surface area (Å²) in [6.07, 6.45) is 3.26. The number of nitrogens with one attached hydrogen (secondary N) is 1. The molecular formula is C17H15FN4O2S. The quantitative estimate of drug-likeness (QED) is 0.516. The smallest absolute Gasteiger partial charge is 0.234 e. The van der Waals surface area contributed by atoms with Gasteiger partial charge in [0.2, 0.25) is 11.7 Å². The molecule has 0 atom stereocenters. The van der Waals surface area contributed by atoms with E-state index in [2.05, 4.69) is 22.1 Å². The molecule has 6 nitrogen and oxygen atoms in total. The summed E-state index contributed by atoms with van der Waals surface area (Å²) in [5.41, 5.74) is 0.150. The van der Waals surface area contributed by atoms with E-state index < -0.39 is 5.82 Å². The summed E-state index contributed by atoms with van der Waals surface area (Å²) >= 11 is 1.20. The second-order valence-corrected chi connectivity index (χ2v) is 5.94. The molecule has 2 aromatic heterocycles. The number of hydrogen-bond acceptors (Lipinski definition) is 5. The fraction of sp³-hybridized carbons (Fsp3) is 0.118. The lowest BCUT2D eigenvalue weighted by Gasteiger charge is -2.07. The zero-order valence-electron chi connectivity index (χ0n) is 13.2. The number of rotatable bonds is 7. The van der Waals surface area contributed by atoms with E-state index >= 15 is 0 Å². The van der Waals surface area contributed by atoms with Crippen LogP contribution in [0.5, 0.6) is 0 Å². The first-order valence-electron chi connectivity index (χ1n) is 7.44. The number of halogens is 1. The van der Waals surface area contributed by atoms with Crippen molar-refractivity contribution in [2.75, 3.05) is 11.1 Å². The minimum absolute atomic E-state index is 0.0712. The number of anilines is 1. The zero-order chi connectivity index (χ0) is 17.6. The maximum atomic E-state index is 13.6. The van der Waals surface area contributed by atoms with E-state index in [0.717, 1.165) is 0 Å². The molecule has 0 saturated carbocycles. The lowest BCUT2D eigenvalue weighted by molar-refractivity contribution is -0.113. The minimum atomic E-state index is -0.476. The third kappa shape index (κ3) is 3.97. The Morgan fingerprint density at radius 2 is 2.16 bits per heavy atom. The van der Waals surface area contributed by atoms with Crippen molar-refractivity contribution in [3.63, 3.8) is 0 Å². The Kier molecular flexibility index (Phi) is 5.30. The third-order valence-electron chi connectivity index (χ3n) is 3.25. The van der Waals surface area contributed by atoms with Gasteiger partial charge in [0.15, 0.2) is 10.9 Å². The van der Waals surface area contributed by atoms with Gasteiger partial charge in [-0.15, -0.1) is 16.8 Å². The number of para-hydroxylation sites is 1. The van der Waals surface area contributed by atoms with Crippen LogP contribution in [-0.2, 0) is 11.3 Å². The number of carbonyl (C=O) groups excluding carboxylic acids is 1. The molecule has 3 rings (SSSR count). The molecule has 0 unspecified atom stereocenters. The Morgan fingerprint density at radius 1 is 1.32 bits per heavy atom. The predicted octanol–water partition coefficient (Wildman–Crippen LogP) is 3.59. The van der Waals surface area contributed by atoms with Gasteiger partial charge in [-0.1, -0.05) is 30.0 Å². The van der Waals surface area contributed by atoms with Crippen LogP contribution in [0.3, 0.4) is 0 Å². The highest BCUT2D eigenvalue weighted by Crippen LogP contribution is 2.24. The fourth-order valence-corrected chi connectivity index (χ4v) is 2.90. The number of benzene rings is 1. The summed E-state index contributed by atoms with van der Waals surface area (Å²) < 4.78 is 20.7. The van der Waals surface area contributed by atoms with Crippen LogP contribution in [0.1, 0.15) is 0 Å². The number of amides is 1. The average Bonchev–Trinajstić information content (AvgIpc) is 3.25. The minimum Gasteiger partial charge on any atom is -0.461 e. The highest BCUT2D eigenvalue weighted by molar-refractivity contribution is 7.99. The number of thioether (sulfide) groups is 1. The number of aromatic nitrogens is 3. The average molecular weight is 358 g/mol. The second kappa shape index (κ2) is 7.80. The molecule has 0 bridgehead atoms. The molecule has 8 heteroatoms. The molecule has 0 aliphatic carbocycles. The van der Waals surface area contributed by atoms with Crippen molar-refractivity contribution in [2.24, 2.45) is 0 Å². The van der Waals surface area contributed by atoms with Crippen LogP contribution >= 0.6 is 11.8 Å². The summed E-state index contributed by atoms with van der Waals surface area (Å²) in [6, 6.07) is 9.56. The Hall–Kier alpha value is -2.87. The third-order valence-corrected chi connectivity index (χ3v) is 4.22. The summed E-state index contributed by atoms with van der Waals surface area (Å²) in [5.74, 6) is 0.402. The van der Waals surface area contributed by atoms with E-state index in [4.69, 9.17) is 4.42 Å². The largest absolute Gasteiger partial charge is 0.461 e. The maximum Gasteiger partial charge on any atom is 0.234 e. The van der Waals surface area contributed by atoms with E-state index in [-0.39, 0.29) is 17.3 Å². The molecule has 1 amide bonds. The molecule has 0 spiro atoms. The summed E-state index contributed by atoms with van der Waals surface area (Å²) in [4.78, 5) is 12.0. The van der Waals surface area contributed by atoms with Crippen LogP contribution in [-0.4, -0.2) is 26.4 Å². The van der Waals surface area contributed by atoms with Gasteiger partial charge in [0.25, 0.3) is 0 Å². The molecule has 128 valence electrons. The Morgan fingerprint density at radius 3 is 2.88 bits per heavy atom. The van der Waals surface area contributed by atoms with Crippen molar-refractivity contribution in [3.05, 3.63) is 61.1 Å².